The highest BCUT2D eigenvalue weighted by atomic mass is 19.1. The molecule has 0 spiro atoms. The first kappa shape index (κ1) is 28.6. The predicted octanol–water partition coefficient (Wildman–Crippen LogP) is 5.30. The fourth-order valence-electron chi connectivity index (χ4n) is 6.07. The zero-order valence-electron chi connectivity index (χ0n) is 24.0. The van der Waals surface area contributed by atoms with Crippen molar-refractivity contribution in [2.24, 2.45) is 10.9 Å². The maximum absolute atomic E-state index is 14.9. The first-order valence-corrected chi connectivity index (χ1v) is 14.4. The normalized spacial score (nSPS) is 18.5. The second-order valence-electron chi connectivity index (χ2n) is 10.7. The Hall–Kier alpha value is -3.91. The molecule has 0 radical (unpaired) electrons. The number of ketones is 1. The fraction of sp³-hybridized carbons (Fsp3) is 0.394. The first-order valence-electron chi connectivity index (χ1n) is 14.4. The Kier molecular flexibility index (Phi) is 8.88. The standard InChI is InChI=1S/C33H37FN4O3/c1-4-37(5-2)33(40)29-12-9-22(20-38(29)21-27-28(34)7-6-8-31(27)41-3)17-30(39)24-10-11-25-19-36-32(26(25)18-24)23-13-15-35-16-14-23/h6-8,10-11,13-16,18,22,29H,4-5,9,12,17,19-21H2,1-3H3/t22-,29?/m0/s1. The molecule has 1 aromatic heterocycles. The molecule has 41 heavy (non-hydrogen) atoms. The summed E-state index contributed by atoms with van der Waals surface area (Å²) in [7, 11) is 1.52. The van der Waals surface area contributed by atoms with Gasteiger partial charge in [-0.3, -0.25) is 24.5 Å². The Labute approximate surface area is 241 Å². The van der Waals surface area contributed by atoms with E-state index in [1.807, 2.05) is 54.0 Å². The number of hydrogen-bond donors (Lipinski definition) is 0. The van der Waals surface area contributed by atoms with E-state index in [-0.39, 0.29) is 36.0 Å². The zero-order chi connectivity index (χ0) is 28.9. The third kappa shape index (κ3) is 6.07. The highest BCUT2D eigenvalue weighted by Crippen LogP contribution is 2.32. The number of ether oxygens (including phenoxy) is 1. The van der Waals surface area contributed by atoms with Crippen molar-refractivity contribution in [2.45, 2.75) is 52.2 Å². The Balaban J connectivity index is 1.35. The van der Waals surface area contributed by atoms with Crippen LogP contribution in [0.4, 0.5) is 4.39 Å². The number of carbonyl (C=O) groups is 2. The highest BCUT2D eigenvalue weighted by Gasteiger charge is 2.36. The minimum Gasteiger partial charge on any atom is -0.496 e. The molecular formula is C33H37FN4O3. The predicted molar refractivity (Wildman–Crippen MR) is 157 cm³/mol. The van der Waals surface area contributed by atoms with Gasteiger partial charge in [0.05, 0.1) is 25.4 Å². The van der Waals surface area contributed by atoms with Crippen molar-refractivity contribution < 1.29 is 18.7 Å². The lowest BCUT2D eigenvalue weighted by atomic mass is 9.86. The van der Waals surface area contributed by atoms with Crippen LogP contribution in [0.1, 0.15) is 65.7 Å². The van der Waals surface area contributed by atoms with Crippen LogP contribution in [0.25, 0.3) is 0 Å². The molecule has 3 aromatic rings. The van der Waals surface area contributed by atoms with E-state index in [0.29, 0.717) is 55.9 Å². The number of pyridine rings is 1. The Morgan fingerprint density at radius 1 is 1.07 bits per heavy atom. The van der Waals surface area contributed by atoms with E-state index in [1.54, 1.807) is 24.5 Å². The maximum Gasteiger partial charge on any atom is 0.239 e. The van der Waals surface area contributed by atoms with Gasteiger partial charge >= 0.3 is 0 Å². The molecule has 1 saturated heterocycles. The molecule has 0 saturated carbocycles. The lowest BCUT2D eigenvalue weighted by molar-refractivity contribution is -0.139. The molecule has 7 nitrogen and oxygen atoms in total. The summed E-state index contributed by atoms with van der Waals surface area (Å²) in [4.78, 5) is 39.7. The number of methoxy groups -OCH3 is 1. The number of aliphatic imine (C=N–C) groups is 1. The molecule has 2 atom stereocenters. The third-order valence-corrected chi connectivity index (χ3v) is 8.32. The summed E-state index contributed by atoms with van der Waals surface area (Å²) in [6.45, 7) is 6.54. The molecule has 0 aliphatic carbocycles. The van der Waals surface area contributed by atoms with Crippen LogP contribution in [0.3, 0.4) is 0 Å². The number of fused-ring (bicyclic) bond motifs is 1. The molecule has 2 aliphatic heterocycles. The van der Waals surface area contributed by atoms with Crippen LogP contribution in [-0.2, 0) is 17.9 Å². The summed E-state index contributed by atoms with van der Waals surface area (Å²) >= 11 is 0. The van der Waals surface area contributed by atoms with Gasteiger partial charge in [-0.1, -0.05) is 18.2 Å². The Bertz CT molecular complexity index is 1440. The van der Waals surface area contributed by atoms with Crippen molar-refractivity contribution in [1.29, 1.82) is 0 Å². The second kappa shape index (κ2) is 12.7. The average Bonchev–Trinajstić information content (AvgIpc) is 3.43. The zero-order valence-corrected chi connectivity index (χ0v) is 24.0. The molecule has 0 bridgehead atoms. The van der Waals surface area contributed by atoms with Gasteiger partial charge in [-0.05, 0) is 68.5 Å². The van der Waals surface area contributed by atoms with E-state index in [1.165, 1.54) is 13.2 Å². The summed E-state index contributed by atoms with van der Waals surface area (Å²) in [5, 5.41) is 0. The van der Waals surface area contributed by atoms with Crippen molar-refractivity contribution in [2.75, 3.05) is 26.7 Å². The number of rotatable bonds is 10. The summed E-state index contributed by atoms with van der Waals surface area (Å²) in [5.41, 5.74) is 5.06. The average molecular weight is 557 g/mol. The summed E-state index contributed by atoms with van der Waals surface area (Å²) in [5.74, 6) is 0.262. The van der Waals surface area contributed by atoms with Gasteiger partial charge < -0.3 is 9.64 Å². The largest absolute Gasteiger partial charge is 0.496 e. The number of carbonyl (C=O) groups excluding carboxylic acids is 2. The Morgan fingerprint density at radius 2 is 1.85 bits per heavy atom. The van der Waals surface area contributed by atoms with Crippen LogP contribution < -0.4 is 4.74 Å². The molecule has 1 amide bonds. The molecule has 214 valence electrons. The van der Waals surface area contributed by atoms with Crippen molar-refractivity contribution >= 4 is 17.4 Å². The number of hydrogen-bond acceptors (Lipinski definition) is 6. The summed E-state index contributed by atoms with van der Waals surface area (Å²) in [6.07, 6.45) is 5.22. The minimum absolute atomic E-state index is 0.0441. The minimum atomic E-state index is -0.371. The lowest BCUT2D eigenvalue weighted by Gasteiger charge is -2.40. The van der Waals surface area contributed by atoms with Gasteiger partial charge in [0.1, 0.15) is 11.6 Å². The van der Waals surface area contributed by atoms with Crippen LogP contribution in [0.15, 0.2) is 65.9 Å². The second-order valence-corrected chi connectivity index (χ2v) is 10.7. The van der Waals surface area contributed by atoms with Crippen molar-refractivity contribution in [1.82, 2.24) is 14.8 Å². The van der Waals surface area contributed by atoms with E-state index in [2.05, 4.69) is 4.98 Å². The molecule has 3 heterocycles. The van der Waals surface area contributed by atoms with Crippen molar-refractivity contribution in [3.8, 4) is 5.75 Å². The SMILES string of the molecule is CCN(CC)C(=O)C1CC[C@@H](CC(=O)c2ccc3c(c2)C(c2ccncc2)=NC3)CN1Cc1c(F)cccc1OC. The van der Waals surface area contributed by atoms with Crippen LogP contribution in [-0.4, -0.2) is 65.0 Å². The lowest BCUT2D eigenvalue weighted by Crippen LogP contribution is -2.52. The van der Waals surface area contributed by atoms with Gasteiger partial charge in [0, 0.05) is 67.2 Å². The highest BCUT2D eigenvalue weighted by molar-refractivity contribution is 6.16. The molecular weight excluding hydrogens is 519 g/mol. The first-order chi connectivity index (χ1) is 19.9. The van der Waals surface area contributed by atoms with Crippen LogP contribution in [0.2, 0.25) is 0 Å². The maximum atomic E-state index is 14.9. The van der Waals surface area contributed by atoms with Crippen molar-refractivity contribution in [3.63, 3.8) is 0 Å². The van der Waals surface area contributed by atoms with Gasteiger partial charge in [-0.15, -0.1) is 0 Å². The molecule has 0 N–H and O–H groups in total. The number of halogens is 1. The fourth-order valence-corrected chi connectivity index (χ4v) is 6.07. The van der Waals surface area contributed by atoms with Crippen LogP contribution in [0, 0.1) is 11.7 Å². The number of piperidine rings is 1. The molecule has 2 aromatic carbocycles. The van der Waals surface area contributed by atoms with E-state index in [9.17, 15) is 14.0 Å². The van der Waals surface area contributed by atoms with Crippen LogP contribution >= 0.6 is 0 Å². The van der Waals surface area contributed by atoms with Gasteiger partial charge in [-0.25, -0.2) is 4.39 Å². The van der Waals surface area contributed by atoms with E-state index < -0.39 is 0 Å². The van der Waals surface area contributed by atoms with Gasteiger partial charge in [0.2, 0.25) is 5.91 Å². The molecule has 2 aliphatic rings. The molecule has 1 unspecified atom stereocenters. The number of likely N-dealkylation sites (N-methyl/N-ethyl adjacent to an activating group) is 1. The number of nitrogens with zero attached hydrogens (tertiary/aromatic N) is 4. The summed E-state index contributed by atoms with van der Waals surface area (Å²) < 4.78 is 20.4. The van der Waals surface area contributed by atoms with Gasteiger partial charge in [-0.2, -0.15) is 0 Å². The third-order valence-electron chi connectivity index (χ3n) is 8.32. The van der Waals surface area contributed by atoms with Gasteiger partial charge in [0.15, 0.2) is 5.78 Å². The van der Waals surface area contributed by atoms with Crippen LogP contribution in [0.5, 0.6) is 5.75 Å². The topological polar surface area (TPSA) is 75.1 Å². The number of likely N-dealkylation sites (tertiary alicyclic amines) is 1. The monoisotopic (exact) mass is 556 g/mol. The molecule has 5 rings (SSSR count). The van der Waals surface area contributed by atoms with E-state index in [0.717, 1.165) is 28.8 Å². The molecule has 8 heteroatoms. The van der Waals surface area contributed by atoms with E-state index in [4.69, 9.17) is 9.73 Å². The molecule has 1 fully saturated rings. The summed E-state index contributed by atoms with van der Waals surface area (Å²) in [6, 6.07) is 14.1. The number of amides is 1. The van der Waals surface area contributed by atoms with Gasteiger partial charge in [0.25, 0.3) is 0 Å². The smallest absolute Gasteiger partial charge is 0.239 e. The van der Waals surface area contributed by atoms with E-state index >= 15 is 0 Å². The Morgan fingerprint density at radius 3 is 2.59 bits per heavy atom. The number of benzene rings is 2. The van der Waals surface area contributed by atoms with Crippen molar-refractivity contribution in [3.05, 3.63) is 94.6 Å². The number of aromatic nitrogens is 1. The number of Topliss-reactive ketones (excluding diaryl/α,β-unsaturated/α-hetero) is 1. The quantitative estimate of drug-likeness (QED) is 0.317.